The number of benzene rings is 1. The van der Waals surface area contributed by atoms with Crippen LogP contribution in [0.15, 0.2) is 29.3 Å². The third-order valence-corrected chi connectivity index (χ3v) is 5.51. The number of alkyl halides is 3. The van der Waals surface area contributed by atoms with Crippen molar-refractivity contribution in [2.75, 3.05) is 5.32 Å². The number of aromatic nitrogens is 2. The van der Waals surface area contributed by atoms with E-state index in [4.69, 9.17) is 16.7 Å². The fourth-order valence-electron chi connectivity index (χ4n) is 2.62. The van der Waals surface area contributed by atoms with Crippen molar-refractivity contribution in [1.29, 1.82) is 0 Å². The van der Waals surface area contributed by atoms with Gasteiger partial charge in [0.1, 0.15) is 16.3 Å². The maximum atomic E-state index is 12.8. The molecule has 3 aromatic rings. The van der Waals surface area contributed by atoms with Crippen molar-refractivity contribution >= 4 is 50.7 Å². The van der Waals surface area contributed by atoms with Crippen LogP contribution in [0.2, 0.25) is 5.02 Å². The third kappa shape index (κ3) is 4.10. The van der Waals surface area contributed by atoms with E-state index in [1.165, 1.54) is 6.92 Å². The normalized spacial score (nSPS) is 11.6. The lowest BCUT2D eigenvalue weighted by Gasteiger charge is -2.12. The van der Waals surface area contributed by atoms with Gasteiger partial charge in [-0.05, 0) is 30.7 Å². The van der Waals surface area contributed by atoms with Crippen LogP contribution in [0.1, 0.15) is 20.8 Å². The number of amides is 1. The van der Waals surface area contributed by atoms with Crippen molar-refractivity contribution in [1.82, 2.24) is 9.55 Å². The molecule has 29 heavy (non-hydrogen) atoms. The second-order valence-electron chi connectivity index (χ2n) is 5.96. The molecule has 152 valence electrons. The molecular formula is C17H11ClF3N3O4S. The first kappa shape index (κ1) is 20.8. The zero-order valence-electron chi connectivity index (χ0n) is 14.5. The summed E-state index contributed by atoms with van der Waals surface area (Å²) in [5.74, 6) is -2.01. The fourth-order valence-corrected chi connectivity index (χ4v) is 3.76. The Morgan fingerprint density at radius 1 is 1.34 bits per heavy atom. The number of hydrogen-bond donors (Lipinski definition) is 2. The number of anilines is 1. The van der Waals surface area contributed by atoms with E-state index >= 15 is 0 Å². The summed E-state index contributed by atoms with van der Waals surface area (Å²) in [5, 5.41) is 11.4. The first-order valence-corrected chi connectivity index (χ1v) is 9.07. The van der Waals surface area contributed by atoms with Crippen molar-refractivity contribution in [2.45, 2.75) is 19.6 Å². The number of nitrogens with one attached hydrogen (secondary N) is 1. The highest BCUT2D eigenvalue weighted by molar-refractivity contribution is 7.20. The standard InChI is InChI=1S/C17H11ClF3N3O4S/c1-7-12-14(29-13(7)16(27)28)22-6-24(15(12)26)5-11(25)23-10-4-8(17(19,20)21)2-3-9(10)18/h2-4,6H,5H2,1H3,(H,23,25)(H,27,28). The average molecular weight is 446 g/mol. The lowest BCUT2D eigenvalue weighted by atomic mass is 10.2. The Hall–Kier alpha value is -2.92. The number of carboxylic acid groups (broad SMARTS) is 1. The molecule has 0 bridgehead atoms. The lowest BCUT2D eigenvalue weighted by molar-refractivity contribution is -0.137. The number of aromatic carboxylic acids is 1. The summed E-state index contributed by atoms with van der Waals surface area (Å²) in [6.45, 7) is 0.907. The van der Waals surface area contributed by atoms with E-state index in [9.17, 15) is 27.6 Å². The van der Waals surface area contributed by atoms with Crippen molar-refractivity contribution in [3.63, 3.8) is 0 Å². The smallest absolute Gasteiger partial charge is 0.416 e. The van der Waals surface area contributed by atoms with E-state index in [2.05, 4.69) is 10.3 Å². The van der Waals surface area contributed by atoms with Crippen molar-refractivity contribution in [3.05, 3.63) is 55.9 Å². The maximum Gasteiger partial charge on any atom is 0.416 e. The van der Waals surface area contributed by atoms with Crippen LogP contribution >= 0.6 is 22.9 Å². The summed E-state index contributed by atoms with van der Waals surface area (Å²) < 4.78 is 39.4. The number of thiophene rings is 1. The molecule has 1 amide bonds. The average Bonchev–Trinajstić information content (AvgIpc) is 2.96. The molecule has 12 heteroatoms. The Kier molecular flexibility index (Phi) is 5.37. The number of hydrogen-bond acceptors (Lipinski definition) is 5. The molecule has 3 rings (SSSR count). The number of carbonyl (C=O) groups excluding carboxylic acids is 1. The Morgan fingerprint density at radius 3 is 2.66 bits per heavy atom. The second kappa shape index (κ2) is 7.48. The van der Waals surface area contributed by atoms with Crippen LogP contribution < -0.4 is 10.9 Å². The molecule has 0 saturated heterocycles. The summed E-state index contributed by atoms with van der Waals surface area (Å²) in [7, 11) is 0. The predicted molar refractivity (Wildman–Crippen MR) is 101 cm³/mol. The molecule has 0 radical (unpaired) electrons. The molecule has 0 fully saturated rings. The summed E-state index contributed by atoms with van der Waals surface area (Å²) >= 11 is 6.67. The van der Waals surface area contributed by atoms with E-state index in [-0.39, 0.29) is 31.4 Å². The molecule has 1 aromatic carbocycles. The number of carboxylic acids is 1. The number of rotatable bonds is 4. The molecule has 0 aliphatic rings. The van der Waals surface area contributed by atoms with E-state index in [0.717, 1.165) is 34.4 Å². The van der Waals surface area contributed by atoms with Gasteiger partial charge in [0.2, 0.25) is 5.91 Å². The zero-order chi connectivity index (χ0) is 21.5. The van der Waals surface area contributed by atoms with E-state index in [1.807, 2.05) is 0 Å². The Balaban J connectivity index is 1.89. The minimum atomic E-state index is -4.62. The summed E-state index contributed by atoms with van der Waals surface area (Å²) in [6, 6.07) is 2.47. The lowest BCUT2D eigenvalue weighted by Crippen LogP contribution is -2.28. The number of halogens is 4. The Morgan fingerprint density at radius 2 is 2.03 bits per heavy atom. The molecule has 2 aromatic heterocycles. The Bertz CT molecular complexity index is 1200. The van der Waals surface area contributed by atoms with Crippen LogP contribution in [0.5, 0.6) is 0 Å². The van der Waals surface area contributed by atoms with Crippen molar-refractivity contribution in [2.24, 2.45) is 0 Å². The number of carbonyl (C=O) groups is 2. The molecular weight excluding hydrogens is 435 g/mol. The van der Waals surface area contributed by atoms with Crippen LogP contribution in [0.4, 0.5) is 18.9 Å². The SMILES string of the molecule is Cc1c(C(=O)O)sc2ncn(CC(=O)Nc3cc(C(F)(F)F)ccc3Cl)c(=O)c12. The zero-order valence-corrected chi connectivity index (χ0v) is 16.1. The van der Waals surface area contributed by atoms with E-state index in [1.54, 1.807) is 0 Å². The molecule has 0 unspecified atom stereocenters. The summed E-state index contributed by atoms with van der Waals surface area (Å²) in [5.41, 5.74) is -1.66. The minimum Gasteiger partial charge on any atom is -0.477 e. The predicted octanol–water partition coefficient (Wildman–Crippen LogP) is 3.78. The monoisotopic (exact) mass is 445 g/mol. The first-order valence-electron chi connectivity index (χ1n) is 7.87. The highest BCUT2D eigenvalue weighted by Crippen LogP contribution is 2.33. The van der Waals surface area contributed by atoms with Gasteiger partial charge in [-0.15, -0.1) is 11.3 Å². The van der Waals surface area contributed by atoms with Gasteiger partial charge in [0, 0.05) is 0 Å². The molecule has 2 heterocycles. The quantitative estimate of drug-likeness (QED) is 0.636. The van der Waals surface area contributed by atoms with Gasteiger partial charge < -0.3 is 10.4 Å². The maximum absolute atomic E-state index is 12.8. The van der Waals surface area contributed by atoms with Gasteiger partial charge in [0.15, 0.2) is 0 Å². The van der Waals surface area contributed by atoms with Gasteiger partial charge in [0.05, 0.1) is 28.0 Å². The number of nitrogens with zero attached hydrogens (tertiary/aromatic N) is 2. The van der Waals surface area contributed by atoms with Crippen LogP contribution in [0.25, 0.3) is 10.2 Å². The number of aryl methyl sites for hydroxylation is 1. The van der Waals surface area contributed by atoms with E-state index < -0.39 is 35.7 Å². The number of fused-ring (bicyclic) bond motifs is 1. The van der Waals surface area contributed by atoms with Crippen LogP contribution in [-0.2, 0) is 17.5 Å². The third-order valence-electron chi connectivity index (χ3n) is 3.99. The molecule has 0 saturated carbocycles. The van der Waals surface area contributed by atoms with Gasteiger partial charge in [-0.2, -0.15) is 13.2 Å². The Labute approximate surface area is 169 Å². The highest BCUT2D eigenvalue weighted by Gasteiger charge is 2.31. The van der Waals surface area contributed by atoms with E-state index in [0.29, 0.717) is 6.07 Å². The van der Waals surface area contributed by atoms with Gasteiger partial charge in [-0.1, -0.05) is 11.6 Å². The van der Waals surface area contributed by atoms with Crippen LogP contribution in [0, 0.1) is 6.92 Å². The molecule has 7 nitrogen and oxygen atoms in total. The van der Waals surface area contributed by atoms with Crippen molar-refractivity contribution in [3.8, 4) is 0 Å². The molecule has 0 atom stereocenters. The summed E-state index contributed by atoms with van der Waals surface area (Å²) in [6.07, 6.45) is -3.55. The summed E-state index contributed by atoms with van der Waals surface area (Å²) in [4.78, 5) is 40.2. The first-order chi connectivity index (χ1) is 13.5. The largest absolute Gasteiger partial charge is 0.477 e. The highest BCUT2D eigenvalue weighted by atomic mass is 35.5. The second-order valence-corrected chi connectivity index (χ2v) is 7.37. The molecule has 2 N–H and O–H groups in total. The van der Waals surface area contributed by atoms with Crippen LogP contribution in [-0.4, -0.2) is 26.5 Å². The van der Waals surface area contributed by atoms with Gasteiger partial charge in [-0.25, -0.2) is 9.78 Å². The van der Waals surface area contributed by atoms with Crippen LogP contribution in [0.3, 0.4) is 0 Å². The topological polar surface area (TPSA) is 101 Å². The van der Waals surface area contributed by atoms with Gasteiger partial charge in [0.25, 0.3) is 5.56 Å². The molecule has 0 aliphatic heterocycles. The van der Waals surface area contributed by atoms with Gasteiger partial charge in [-0.3, -0.25) is 14.2 Å². The minimum absolute atomic E-state index is 0.0393. The fraction of sp³-hybridized carbons (Fsp3) is 0.176. The van der Waals surface area contributed by atoms with Crippen molar-refractivity contribution < 1.29 is 27.9 Å². The van der Waals surface area contributed by atoms with Gasteiger partial charge >= 0.3 is 12.1 Å². The molecule has 0 spiro atoms. The molecule has 0 aliphatic carbocycles.